The number of carbonyl (C=O) groups is 1. The van der Waals surface area contributed by atoms with Crippen LogP contribution in [0.1, 0.15) is 15.9 Å². The Hall–Kier alpha value is -2.11. The molecule has 3 rings (SSSR count). The molecule has 1 aliphatic heterocycles. The van der Waals surface area contributed by atoms with Gasteiger partial charge in [-0.1, -0.05) is 11.6 Å². The van der Waals surface area contributed by atoms with Gasteiger partial charge in [-0.25, -0.2) is 13.2 Å². The van der Waals surface area contributed by atoms with E-state index in [1.165, 1.54) is 12.1 Å². The average molecular weight is 481 g/mol. The fraction of sp³-hybridized carbons (Fsp3) is 0.278. The smallest absolute Gasteiger partial charge is 0.417 e. The summed E-state index contributed by atoms with van der Waals surface area (Å²) >= 11 is 7.28. The van der Waals surface area contributed by atoms with Gasteiger partial charge >= 0.3 is 12.1 Å². The minimum absolute atomic E-state index is 0.0777. The summed E-state index contributed by atoms with van der Waals surface area (Å²) in [4.78, 5) is 12.9. The first kappa shape index (κ1) is 22.6. The predicted octanol–water partition coefficient (Wildman–Crippen LogP) is 4.41. The summed E-state index contributed by atoms with van der Waals surface area (Å²) in [5, 5.41) is 8.92. The second-order valence-electron chi connectivity index (χ2n) is 6.38. The van der Waals surface area contributed by atoms with E-state index in [1.807, 2.05) is 4.90 Å². The Morgan fingerprint density at radius 1 is 1.13 bits per heavy atom. The lowest BCUT2D eigenvalue weighted by molar-refractivity contribution is -0.137. The van der Waals surface area contributed by atoms with Crippen LogP contribution < -0.4 is 9.62 Å². The van der Waals surface area contributed by atoms with E-state index in [0.29, 0.717) is 24.8 Å². The molecule has 0 aromatic heterocycles. The van der Waals surface area contributed by atoms with Crippen molar-refractivity contribution in [2.24, 2.45) is 0 Å². The SMILES string of the molecule is O=C(O)c1cc(NS(=O)(=O)c2ccc(Cl)c(C(F)(F)F)c2)ccc1N1CCSCC1. The molecule has 1 aliphatic rings. The van der Waals surface area contributed by atoms with Crippen LogP contribution in [0.3, 0.4) is 0 Å². The van der Waals surface area contributed by atoms with Gasteiger partial charge in [-0.05, 0) is 36.4 Å². The van der Waals surface area contributed by atoms with Crippen LogP contribution in [-0.4, -0.2) is 44.1 Å². The van der Waals surface area contributed by atoms with Gasteiger partial charge in [0.2, 0.25) is 0 Å². The summed E-state index contributed by atoms with van der Waals surface area (Å²) in [6.07, 6.45) is -4.83. The largest absolute Gasteiger partial charge is 0.478 e. The second-order valence-corrected chi connectivity index (χ2v) is 9.70. The van der Waals surface area contributed by atoms with Crippen LogP contribution in [0.5, 0.6) is 0 Å². The zero-order chi connectivity index (χ0) is 22.1. The van der Waals surface area contributed by atoms with Gasteiger partial charge in [0.05, 0.1) is 26.7 Å². The highest BCUT2D eigenvalue weighted by Gasteiger charge is 2.34. The number of aromatic carboxylic acids is 1. The highest BCUT2D eigenvalue weighted by molar-refractivity contribution is 7.99. The molecule has 0 unspecified atom stereocenters. The molecule has 162 valence electrons. The Morgan fingerprint density at radius 3 is 2.40 bits per heavy atom. The molecular weight excluding hydrogens is 465 g/mol. The number of thioether (sulfide) groups is 1. The number of benzene rings is 2. The number of halogens is 4. The normalized spacial score (nSPS) is 15.1. The molecule has 0 atom stereocenters. The zero-order valence-electron chi connectivity index (χ0n) is 15.2. The summed E-state index contributed by atoms with van der Waals surface area (Å²) in [6.45, 7) is 1.31. The highest BCUT2D eigenvalue weighted by atomic mass is 35.5. The van der Waals surface area contributed by atoms with Gasteiger partial charge in [0.1, 0.15) is 0 Å². The van der Waals surface area contributed by atoms with Gasteiger partial charge in [0, 0.05) is 30.3 Å². The topological polar surface area (TPSA) is 86.7 Å². The lowest BCUT2D eigenvalue weighted by Crippen LogP contribution is -2.33. The lowest BCUT2D eigenvalue weighted by Gasteiger charge is -2.29. The minimum Gasteiger partial charge on any atom is -0.478 e. The summed E-state index contributed by atoms with van der Waals surface area (Å²) in [5.74, 6) is 0.437. The summed E-state index contributed by atoms with van der Waals surface area (Å²) in [5.41, 5.74) is -1.01. The standard InChI is InChI=1S/C18H16ClF3N2O4S2/c19-15-3-2-12(10-14(15)18(20,21)22)30(27,28)23-11-1-4-16(13(9-11)17(25)26)24-5-7-29-8-6-24/h1-4,9-10,23H,5-8H2,(H,25,26). The summed E-state index contributed by atoms with van der Waals surface area (Å²) in [7, 11) is -4.41. The Kier molecular flexibility index (Phi) is 6.44. The van der Waals surface area contributed by atoms with Gasteiger partial charge in [-0.3, -0.25) is 4.72 Å². The predicted molar refractivity (Wildman–Crippen MR) is 110 cm³/mol. The molecule has 30 heavy (non-hydrogen) atoms. The van der Waals surface area contributed by atoms with Crippen molar-refractivity contribution in [3.05, 3.63) is 52.5 Å². The molecular formula is C18H16ClF3N2O4S2. The van der Waals surface area contributed by atoms with Crippen molar-refractivity contribution in [1.82, 2.24) is 0 Å². The summed E-state index contributed by atoms with van der Waals surface area (Å²) < 4.78 is 66.4. The Labute approximate surface area is 180 Å². The number of anilines is 2. The summed E-state index contributed by atoms with van der Waals surface area (Å²) in [6, 6.07) is 6.24. The number of sulfonamides is 1. The Bertz CT molecular complexity index is 1070. The van der Waals surface area contributed by atoms with E-state index < -0.39 is 37.7 Å². The number of carboxylic acids is 1. The first-order valence-corrected chi connectivity index (χ1v) is 11.6. The maximum absolute atomic E-state index is 13.0. The maximum atomic E-state index is 13.0. The Balaban J connectivity index is 1.93. The van der Waals surface area contributed by atoms with Crippen molar-refractivity contribution < 1.29 is 31.5 Å². The Morgan fingerprint density at radius 2 is 1.80 bits per heavy atom. The van der Waals surface area contributed by atoms with E-state index in [-0.39, 0.29) is 11.3 Å². The van der Waals surface area contributed by atoms with E-state index in [9.17, 15) is 31.5 Å². The first-order chi connectivity index (χ1) is 14.0. The van der Waals surface area contributed by atoms with Crippen molar-refractivity contribution in [2.45, 2.75) is 11.1 Å². The molecule has 1 heterocycles. The van der Waals surface area contributed by atoms with Gasteiger partial charge in [0.15, 0.2) is 0 Å². The van der Waals surface area contributed by atoms with Crippen LogP contribution in [-0.2, 0) is 16.2 Å². The second kappa shape index (κ2) is 8.56. The van der Waals surface area contributed by atoms with Crippen molar-refractivity contribution in [3.63, 3.8) is 0 Å². The highest BCUT2D eigenvalue weighted by Crippen LogP contribution is 2.36. The van der Waals surface area contributed by atoms with E-state index in [0.717, 1.165) is 29.7 Å². The molecule has 6 nitrogen and oxygen atoms in total. The van der Waals surface area contributed by atoms with Gasteiger partial charge in [-0.2, -0.15) is 24.9 Å². The van der Waals surface area contributed by atoms with Crippen LogP contribution in [0.4, 0.5) is 24.5 Å². The third kappa shape index (κ3) is 4.96. The maximum Gasteiger partial charge on any atom is 0.417 e. The molecule has 0 spiro atoms. The van der Waals surface area contributed by atoms with Crippen molar-refractivity contribution in [2.75, 3.05) is 34.2 Å². The third-order valence-corrected chi connectivity index (χ3v) is 7.04. The number of hydrogen-bond acceptors (Lipinski definition) is 5. The van der Waals surface area contributed by atoms with E-state index in [2.05, 4.69) is 4.72 Å². The molecule has 12 heteroatoms. The zero-order valence-corrected chi connectivity index (χ0v) is 17.6. The van der Waals surface area contributed by atoms with Crippen molar-refractivity contribution >= 4 is 50.7 Å². The molecule has 0 aliphatic carbocycles. The third-order valence-electron chi connectivity index (χ3n) is 4.38. The molecule has 0 radical (unpaired) electrons. The number of carboxylic acid groups (broad SMARTS) is 1. The minimum atomic E-state index is -4.83. The molecule has 1 fully saturated rings. The number of hydrogen-bond donors (Lipinski definition) is 2. The quantitative estimate of drug-likeness (QED) is 0.659. The molecule has 0 bridgehead atoms. The molecule has 1 saturated heterocycles. The molecule has 0 saturated carbocycles. The van der Waals surface area contributed by atoms with Crippen LogP contribution in [0.15, 0.2) is 41.3 Å². The molecule has 2 aromatic carbocycles. The number of rotatable bonds is 5. The van der Waals surface area contributed by atoms with Gasteiger partial charge < -0.3 is 10.0 Å². The van der Waals surface area contributed by atoms with Crippen molar-refractivity contribution in [1.29, 1.82) is 0 Å². The van der Waals surface area contributed by atoms with Crippen LogP contribution >= 0.6 is 23.4 Å². The molecule has 2 aromatic rings. The van der Waals surface area contributed by atoms with E-state index in [4.69, 9.17) is 11.6 Å². The molecule has 2 N–H and O–H groups in total. The number of nitrogens with zero attached hydrogens (tertiary/aromatic N) is 1. The molecule has 0 amide bonds. The van der Waals surface area contributed by atoms with Gasteiger partial charge in [-0.15, -0.1) is 0 Å². The van der Waals surface area contributed by atoms with Gasteiger partial charge in [0.25, 0.3) is 10.0 Å². The van der Waals surface area contributed by atoms with Crippen LogP contribution in [0.25, 0.3) is 0 Å². The van der Waals surface area contributed by atoms with E-state index >= 15 is 0 Å². The van der Waals surface area contributed by atoms with Crippen molar-refractivity contribution in [3.8, 4) is 0 Å². The number of alkyl halides is 3. The van der Waals surface area contributed by atoms with Crippen LogP contribution in [0.2, 0.25) is 5.02 Å². The monoisotopic (exact) mass is 480 g/mol. The fourth-order valence-corrected chi connectivity index (χ4v) is 5.16. The fourth-order valence-electron chi connectivity index (χ4n) is 2.95. The number of nitrogens with one attached hydrogen (secondary N) is 1. The van der Waals surface area contributed by atoms with Crippen LogP contribution in [0, 0.1) is 0 Å². The first-order valence-electron chi connectivity index (χ1n) is 8.58. The average Bonchev–Trinajstić information content (AvgIpc) is 2.67. The van der Waals surface area contributed by atoms with E-state index in [1.54, 1.807) is 11.8 Å². The lowest BCUT2D eigenvalue weighted by atomic mass is 10.1.